The van der Waals surface area contributed by atoms with E-state index in [2.05, 4.69) is 5.32 Å². The topological polar surface area (TPSA) is 105 Å². The minimum Gasteiger partial charge on any atom is -0.487 e. The van der Waals surface area contributed by atoms with E-state index in [9.17, 15) is 9.59 Å². The maximum atomic E-state index is 12.0. The number of hydrogen-bond acceptors (Lipinski definition) is 6. The van der Waals surface area contributed by atoms with Gasteiger partial charge in [0.25, 0.3) is 5.91 Å². The Bertz CT molecular complexity index is 759. The van der Waals surface area contributed by atoms with Gasteiger partial charge in [-0.05, 0) is 17.7 Å². The number of benzene rings is 2. The first kappa shape index (κ1) is 16.0. The van der Waals surface area contributed by atoms with Crippen molar-refractivity contribution in [2.24, 2.45) is 0 Å². The van der Waals surface area contributed by atoms with Crippen LogP contribution in [0.15, 0.2) is 48.5 Å². The average molecular weight is 329 g/mol. The molecule has 0 aromatic heterocycles. The molecular weight excluding hydrogens is 314 g/mol. The first-order valence-corrected chi connectivity index (χ1v) is 7.23. The van der Waals surface area contributed by atoms with Crippen molar-refractivity contribution in [1.82, 2.24) is 0 Å². The Hall–Kier alpha value is -2.90. The number of nitrogens with one attached hydrogen (secondary N) is 1. The van der Waals surface area contributed by atoms with Crippen LogP contribution in [0.5, 0.6) is 11.5 Å². The van der Waals surface area contributed by atoms with Crippen LogP contribution in [0.25, 0.3) is 0 Å². The molecule has 3 N–H and O–H groups in total. The Kier molecular flexibility index (Phi) is 4.45. The number of para-hydroxylation sites is 1. The van der Waals surface area contributed by atoms with Crippen molar-refractivity contribution in [3.05, 3.63) is 54.1 Å². The van der Waals surface area contributed by atoms with E-state index in [1.54, 1.807) is 18.2 Å². The van der Waals surface area contributed by atoms with E-state index in [1.165, 1.54) is 0 Å². The molecule has 7 heteroatoms. The molecule has 1 unspecified atom stereocenters. The zero-order chi connectivity index (χ0) is 17.1. The fourth-order valence-corrected chi connectivity index (χ4v) is 2.28. The van der Waals surface area contributed by atoms with Crippen molar-refractivity contribution in [2.45, 2.75) is 19.0 Å². The van der Waals surface area contributed by atoms with Gasteiger partial charge in [0.1, 0.15) is 23.8 Å². The zero-order valence-electron chi connectivity index (χ0n) is 12.5. The SMILES string of the molecule is O=C1Nc2c(OCc3ccccc3)cccc2OC1C(=O)C(O)O. The lowest BCUT2D eigenvalue weighted by Crippen LogP contribution is -2.47. The van der Waals surface area contributed by atoms with Crippen molar-refractivity contribution < 1.29 is 29.3 Å². The van der Waals surface area contributed by atoms with Crippen LogP contribution in [0.1, 0.15) is 5.56 Å². The van der Waals surface area contributed by atoms with E-state index in [-0.39, 0.29) is 5.75 Å². The highest BCUT2D eigenvalue weighted by Gasteiger charge is 2.37. The van der Waals surface area contributed by atoms with E-state index in [0.29, 0.717) is 18.0 Å². The molecule has 0 fully saturated rings. The summed E-state index contributed by atoms with van der Waals surface area (Å²) in [6.07, 6.45) is -3.89. The monoisotopic (exact) mass is 329 g/mol. The number of hydrogen-bond donors (Lipinski definition) is 3. The number of fused-ring (bicyclic) bond motifs is 1. The molecule has 24 heavy (non-hydrogen) atoms. The highest BCUT2D eigenvalue weighted by atomic mass is 16.5. The molecule has 0 bridgehead atoms. The van der Waals surface area contributed by atoms with Gasteiger partial charge in [-0.1, -0.05) is 36.4 Å². The number of anilines is 1. The molecule has 7 nitrogen and oxygen atoms in total. The van der Waals surface area contributed by atoms with Gasteiger partial charge < -0.3 is 25.0 Å². The van der Waals surface area contributed by atoms with Crippen LogP contribution < -0.4 is 14.8 Å². The van der Waals surface area contributed by atoms with Crippen LogP contribution >= 0.6 is 0 Å². The highest BCUT2D eigenvalue weighted by molar-refractivity contribution is 6.13. The van der Waals surface area contributed by atoms with Gasteiger partial charge in [-0.2, -0.15) is 0 Å². The molecule has 0 saturated carbocycles. The molecule has 1 atom stereocenters. The van der Waals surface area contributed by atoms with Crippen LogP contribution in [-0.2, 0) is 16.2 Å². The van der Waals surface area contributed by atoms with Gasteiger partial charge in [0.2, 0.25) is 18.2 Å². The normalized spacial score (nSPS) is 16.1. The maximum Gasteiger partial charge on any atom is 0.273 e. The molecule has 1 heterocycles. The standard InChI is InChI=1S/C17H15NO6/c19-14(17(21)22)15-16(20)18-13-11(7-4-8-12(13)24-15)23-9-10-5-2-1-3-6-10/h1-8,15,17,21-22H,9H2,(H,18,20). The number of aliphatic hydroxyl groups is 2. The first-order chi connectivity index (χ1) is 11.6. The van der Waals surface area contributed by atoms with E-state index in [1.807, 2.05) is 30.3 Å². The number of Topliss-reactive ketones (excluding diaryl/α,β-unsaturated/α-hetero) is 1. The van der Waals surface area contributed by atoms with Crippen LogP contribution in [-0.4, -0.2) is 34.3 Å². The Morgan fingerprint density at radius 2 is 1.92 bits per heavy atom. The second-order valence-electron chi connectivity index (χ2n) is 5.17. The van der Waals surface area contributed by atoms with Crippen molar-refractivity contribution in [3.63, 3.8) is 0 Å². The van der Waals surface area contributed by atoms with Gasteiger partial charge in [0, 0.05) is 0 Å². The number of carbonyl (C=O) groups excluding carboxylic acids is 2. The summed E-state index contributed by atoms with van der Waals surface area (Å²) in [5.41, 5.74) is 1.25. The number of ether oxygens (including phenoxy) is 2. The van der Waals surface area contributed by atoms with Crippen LogP contribution in [0, 0.1) is 0 Å². The summed E-state index contributed by atoms with van der Waals surface area (Å²) in [7, 11) is 0. The maximum absolute atomic E-state index is 12.0. The first-order valence-electron chi connectivity index (χ1n) is 7.23. The Morgan fingerprint density at radius 1 is 1.17 bits per heavy atom. The Balaban J connectivity index is 1.80. The summed E-state index contributed by atoms with van der Waals surface area (Å²) in [5, 5.41) is 20.4. The summed E-state index contributed by atoms with van der Waals surface area (Å²) in [6.45, 7) is 0.297. The Morgan fingerprint density at radius 3 is 2.62 bits per heavy atom. The third-order valence-corrected chi connectivity index (χ3v) is 3.47. The van der Waals surface area contributed by atoms with Crippen molar-refractivity contribution in [3.8, 4) is 11.5 Å². The molecule has 0 aliphatic carbocycles. The third kappa shape index (κ3) is 3.22. The average Bonchev–Trinajstić information content (AvgIpc) is 2.59. The summed E-state index contributed by atoms with van der Waals surface area (Å²) >= 11 is 0. The molecule has 0 radical (unpaired) electrons. The lowest BCUT2D eigenvalue weighted by Gasteiger charge is -2.26. The van der Waals surface area contributed by atoms with E-state index in [4.69, 9.17) is 19.7 Å². The number of amides is 1. The number of carbonyl (C=O) groups is 2. The molecule has 1 aliphatic rings. The number of ketones is 1. The fourth-order valence-electron chi connectivity index (χ4n) is 2.28. The van der Waals surface area contributed by atoms with Crippen molar-refractivity contribution in [2.75, 3.05) is 5.32 Å². The molecule has 2 aromatic carbocycles. The van der Waals surface area contributed by atoms with Gasteiger partial charge in [-0.3, -0.25) is 9.59 Å². The van der Waals surface area contributed by atoms with Gasteiger partial charge in [-0.15, -0.1) is 0 Å². The zero-order valence-corrected chi connectivity index (χ0v) is 12.5. The van der Waals surface area contributed by atoms with Crippen molar-refractivity contribution >= 4 is 17.4 Å². The number of aliphatic hydroxyl groups excluding tert-OH is 1. The second-order valence-corrected chi connectivity index (χ2v) is 5.17. The quantitative estimate of drug-likeness (QED) is 0.555. The summed E-state index contributed by atoms with van der Waals surface area (Å²) in [4.78, 5) is 23.6. The van der Waals surface area contributed by atoms with Gasteiger partial charge in [-0.25, -0.2) is 0 Å². The van der Waals surface area contributed by atoms with Crippen LogP contribution in [0.4, 0.5) is 5.69 Å². The fraction of sp³-hybridized carbons (Fsp3) is 0.176. The van der Waals surface area contributed by atoms with E-state index < -0.39 is 24.1 Å². The summed E-state index contributed by atoms with van der Waals surface area (Å²) < 4.78 is 11.0. The molecular formula is C17H15NO6. The second kappa shape index (κ2) is 6.69. The smallest absolute Gasteiger partial charge is 0.273 e. The number of rotatable bonds is 5. The molecule has 0 saturated heterocycles. The molecule has 0 spiro atoms. The van der Waals surface area contributed by atoms with Gasteiger partial charge >= 0.3 is 0 Å². The summed E-state index contributed by atoms with van der Waals surface area (Å²) in [5.74, 6) is -1.30. The molecule has 1 amide bonds. The summed E-state index contributed by atoms with van der Waals surface area (Å²) in [6, 6.07) is 14.3. The molecule has 3 rings (SSSR count). The van der Waals surface area contributed by atoms with Gasteiger partial charge in [0.05, 0.1) is 0 Å². The minimum atomic E-state index is -2.28. The minimum absolute atomic E-state index is 0.221. The van der Waals surface area contributed by atoms with E-state index in [0.717, 1.165) is 5.56 Å². The predicted molar refractivity (Wildman–Crippen MR) is 83.5 cm³/mol. The third-order valence-electron chi connectivity index (χ3n) is 3.47. The van der Waals surface area contributed by atoms with Crippen LogP contribution in [0.3, 0.4) is 0 Å². The molecule has 1 aliphatic heterocycles. The van der Waals surface area contributed by atoms with Crippen molar-refractivity contribution in [1.29, 1.82) is 0 Å². The van der Waals surface area contributed by atoms with E-state index >= 15 is 0 Å². The lowest BCUT2D eigenvalue weighted by atomic mass is 10.1. The molecule has 124 valence electrons. The molecule has 2 aromatic rings. The largest absolute Gasteiger partial charge is 0.487 e. The van der Waals surface area contributed by atoms with Crippen LogP contribution in [0.2, 0.25) is 0 Å². The van der Waals surface area contributed by atoms with Gasteiger partial charge in [0.15, 0.2) is 0 Å². The Labute approximate surface area is 137 Å². The lowest BCUT2D eigenvalue weighted by molar-refractivity contribution is -0.155. The highest BCUT2D eigenvalue weighted by Crippen LogP contribution is 2.38. The predicted octanol–water partition coefficient (Wildman–Crippen LogP) is 0.845.